The summed E-state index contributed by atoms with van der Waals surface area (Å²) in [5.74, 6) is 0. The highest BCUT2D eigenvalue weighted by atomic mass is 79.9. The average molecular weight is 292 g/mol. The number of rotatable bonds is 7. The fourth-order valence-electron chi connectivity index (χ4n) is 1.32. The molecule has 0 fully saturated rings. The minimum atomic E-state index is -0.123. The molecule has 0 saturated heterocycles. The second kappa shape index (κ2) is 7.39. The van der Waals surface area contributed by atoms with Crippen molar-refractivity contribution in [1.29, 1.82) is 0 Å². The van der Waals surface area contributed by atoms with Crippen LogP contribution < -0.4 is 5.32 Å². The fraction of sp³-hybridized carbons (Fsp3) is 0.636. The van der Waals surface area contributed by atoms with E-state index in [1.165, 1.54) is 4.88 Å². The highest BCUT2D eigenvalue weighted by molar-refractivity contribution is 9.10. The van der Waals surface area contributed by atoms with Crippen molar-refractivity contribution in [2.24, 2.45) is 0 Å². The van der Waals surface area contributed by atoms with E-state index in [0.29, 0.717) is 0 Å². The molecule has 2 N–H and O–H groups in total. The Morgan fingerprint density at radius 3 is 3.00 bits per heavy atom. The van der Waals surface area contributed by atoms with Crippen LogP contribution in [0, 0.1) is 0 Å². The number of aliphatic hydroxyl groups is 1. The highest BCUT2D eigenvalue weighted by Gasteiger charge is 2.00. The van der Waals surface area contributed by atoms with E-state index in [-0.39, 0.29) is 6.10 Å². The smallest absolute Gasteiger partial charge is 0.0538 e. The molecule has 0 saturated carbocycles. The Morgan fingerprint density at radius 2 is 2.40 bits per heavy atom. The van der Waals surface area contributed by atoms with Gasteiger partial charge in [0.1, 0.15) is 0 Å². The molecule has 1 heterocycles. The lowest BCUT2D eigenvalue weighted by Crippen LogP contribution is -2.16. The third kappa shape index (κ3) is 5.66. The number of hydrogen-bond donors (Lipinski definition) is 2. The summed E-state index contributed by atoms with van der Waals surface area (Å²) >= 11 is 5.19. The molecule has 0 radical (unpaired) electrons. The Kier molecular flexibility index (Phi) is 6.48. The van der Waals surface area contributed by atoms with E-state index in [0.717, 1.165) is 36.8 Å². The molecule has 86 valence electrons. The van der Waals surface area contributed by atoms with Crippen LogP contribution in [0.2, 0.25) is 0 Å². The van der Waals surface area contributed by atoms with Gasteiger partial charge in [-0.05, 0) is 47.8 Å². The molecule has 0 aromatic carbocycles. The van der Waals surface area contributed by atoms with Crippen molar-refractivity contribution >= 4 is 27.3 Å². The zero-order valence-electron chi connectivity index (χ0n) is 9.00. The maximum atomic E-state index is 9.35. The number of thiophene rings is 1. The van der Waals surface area contributed by atoms with Gasteiger partial charge in [-0.1, -0.05) is 6.92 Å². The first-order valence-electron chi connectivity index (χ1n) is 5.34. The summed E-state index contributed by atoms with van der Waals surface area (Å²) in [7, 11) is 0. The van der Waals surface area contributed by atoms with Crippen molar-refractivity contribution in [3.8, 4) is 0 Å². The molecular formula is C11H18BrNOS. The summed E-state index contributed by atoms with van der Waals surface area (Å²) in [6.45, 7) is 3.92. The molecule has 1 atom stereocenters. The third-order valence-electron chi connectivity index (χ3n) is 2.28. The zero-order valence-corrected chi connectivity index (χ0v) is 11.4. The van der Waals surface area contributed by atoms with Crippen LogP contribution in [0.15, 0.2) is 15.9 Å². The van der Waals surface area contributed by atoms with Gasteiger partial charge in [0.05, 0.1) is 6.10 Å². The molecule has 1 rings (SSSR count). The van der Waals surface area contributed by atoms with Crippen LogP contribution >= 0.6 is 27.3 Å². The van der Waals surface area contributed by atoms with Crippen molar-refractivity contribution in [1.82, 2.24) is 5.32 Å². The number of nitrogens with one attached hydrogen (secondary N) is 1. The third-order valence-corrected chi connectivity index (χ3v) is 3.98. The topological polar surface area (TPSA) is 32.3 Å². The summed E-state index contributed by atoms with van der Waals surface area (Å²) in [5, 5.41) is 14.8. The molecule has 0 bridgehead atoms. The number of aliphatic hydroxyl groups excluding tert-OH is 1. The molecular weight excluding hydrogens is 274 g/mol. The van der Waals surface area contributed by atoms with Crippen LogP contribution in [0.1, 0.15) is 31.1 Å². The SMILES string of the molecule is CCC(O)CCCNCc1cc(Br)cs1. The first kappa shape index (κ1) is 13.2. The molecule has 1 aromatic rings. The van der Waals surface area contributed by atoms with E-state index >= 15 is 0 Å². The maximum absolute atomic E-state index is 9.35. The quantitative estimate of drug-likeness (QED) is 0.757. The summed E-state index contributed by atoms with van der Waals surface area (Å²) in [4.78, 5) is 1.35. The van der Waals surface area contributed by atoms with E-state index in [2.05, 4.69) is 32.7 Å². The Morgan fingerprint density at radius 1 is 1.60 bits per heavy atom. The monoisotopic (exact) mass is 291 g/mol. The Bertz CT molecular complexity index is 277. The Balaban J connectivity index is 2.02. The lowest BCUT2D eigenvalue weighted by atomic mass is 10.1. The number of halogens is 1. The molecule has 0 aliphatic rings. The number of hydrogen-bond acceptors (Lipinski definition) is 3. The van der Waals surface area contributed by atoms with E-state index < -0.39 is 0 Å². The summed E-state index contributed by atoms with van der Waals surface area (Å²) in [6.07, 6.45) is 2.68. The molecule has 1 unspecified atom stereocenters. The van der Waals surface area contributed by atoms with Gasteiger partial charge >= 0.3 is 0 Å². The minimum absolute atomic E-state index is 0.123. The molecule has 0 aliphatic carbocycles. The first-order chi connectivity index (χ1) is 7.22. The van der Waals surface area contributed by atoms with Crippen LogP contribution in [0.5, 0.6) is 0 Å². The summed E-state index contributed by atoms with van der Waals surface area (Å²) in [6, 6.07) is 2.14. The van der Waals surface area contributed by atoms with Crippen molar-refractivity contribution in [2.75, 3.05) is 6.54 Å². The maximum Gasteiger partial charge on any atom is 0.0538 e. The van der Waals surface area contributed by atoms with Crippen LogP contribution in [-0.4, -0.2) is 17.8 Å². The minimum Gasteiger partial charge on any atom is -0.393 e. The molecule has 4 heteroatoms. The Hall–Kier alpha value is 0.1000. The molecule has 0 aliphatic heterocycles. The van der Waals surface area contributed by atoms with Crippen molar-refractivity contribution in [3.63, 3.8) is 0 Å². The standard InChI is InChI=1S/C11H18BrNOS/c1-2-10(14)4-3-5-13-7-11-6-9(12)8-15-11/h6,8,10,13-14H,2-5,7H2,1H3. The van der Waals surface area contributed by atoms with Gasteiger partial charge in [-0.15, -0.1) is 11.3 Å². The van der Waals surface area contributed by atoms with E-state index in [1.807, 2.05) is 6.92 Å². The Labute approximate surface area is 104 Å². The van der Waals surface area contributed by atoms with Gasteiger partial charge in [0, 0.05) is 21.3 Å². The summed E-state index contributed by atoms with van der Waals surface area (Å²) < 4.78 is 1.16. The van der Waals surface area contributed by atoms with Gasteiger partial charge in [0.25, 0.3) is 0 Å². The largest absolute Gasteiger partial charge is 0.393 e. The fourth-order valence-corrected chi connectivity index (χ4v) is 2.75. The average Bonchev–Trinajstić information content (AvgIpc) is 2.63. The van der Waals surface area contributed by atoms with E-state index in [4.69, 9.17) is 0 Å². The van der Waals surface area contributed by atoms with Crippen LogP contribution in [0.4, 0.5) is 0 Å². The first-order valence-corrected chi connectivity index (χ1v) is 7.01. The normalized spacial score (nSPS) is 13.0. The van der Waals surface area contributed by atoms with Crippen molar-refractivity contribution in [3.05, 3.63) is 20.8 Å². The van der Waals surface area contributed by atoms with Gasteiger partial charge in [0.15, 0.2) is 0 Å². The highest BCUT2D eigenvalue weighted by Crippen LogP contribution is 2.19. The molecule has 1 aromatic heterocycles. The van der Waals surface area contributed by atoms with E-state index in [1.54, 1.807) is 11.3 Å². The van der Waals surface area contributed by atoms with Gasteiger partial charge < -0.3 is 10.4 Å². The van der Waals surface area contributed by atoms with Crippen molar-refractivity contribution in [2.45, 2.75) is 38.8 Å². The molecule has 0 amide bonds. The lowest BCUT2D eigenvalue weighted by molar-refractivity contribution is 0.157. The second-order valence-electron chi connectivity index (χ2n) is 3.61. The van der Waals surface area contributed by atoms with Crippen LogP contribution in [0.3, 0.4) is 0 Å². The summed E-state index contributed by atoms with van der Waals surface area (Å²) in [5.41, 5.74) is 0. The van der Waals surface area contributed by atoms with Crippen molar-refractivity contribution < 1.29 is 5.11 Å². The predicted molar refractivity (Wildman–Crippen MR) is 69.3 cm³/mol. The molecule has 2 nitrogen and oxygen atoms in total. The second-order valence-corrected chi connectivity index (χ2v) is 5.52. The molecule has 0 spiro atoms. The predicted octanol–water partition coefficient (Wildman–Crippen LogP) is 3.15. The van der Waals surface area contributed by atoms with E-state index in [9.17, 15) is 5.11 Å². The van der Waals surface area contributed by atoms with Gasteiger partial charge in [-0.25, -0.2) is 0 Å². The lowest BCUT2D eigenvalue weighted by Gasteiger charge is -2.07. The molecule has 15 heavy (non-hydrogen) atoms. The van der Waals surface area contributed by atoms with Crippen LogP contribution in [0.25, 0.3) is 0 Å². The van der Waals surface area contributed by atoms with Gasteiger partial charge in [-0.2, -0.15) is 0 Å². The van der Waals surface area contributed by atoms with Gasteiger partial charge in [0.2, 0.25) is 0 Å². The van der Waals surface area contributed by atoms with Gasteiger partial charge in [-0.3, -0.25) is 0 Å². The zero-order chi connectivity index (χ0) is 11.1. The van der Waals surface area contributed by atoms with Crippen LogP contribution in [-0.2, 0) is 6.54 Å².